The van der Waals surface area contributed by atoms with E-state index in [4.69, 9.17) is 9.26 Å². The Balaban J connectivity index is 1.50. The number of fused-ring (bicyclic) bond motifs is 1. The van der Waals surface area contributed by atoms with Gasteiger partial charge in [0.1, 0.15) is 5.69 Å². The van der Waals surface area contributed by atoms with Gasteiger partial charge in [0.25, 0.3) is 5.91 Å². The van der Waals surface area contributed by atoms with Crippen LogP contribution in [0, 0.1) is 6.92 Å². The molecule has 0 bridgehead atoms. The summed E-state index contributed by atoms with van der Waals surface area (Å²) in [6, 6.07) is 14.5. The summed E-state index contributed by atoms with van der Waals surface area (Å²) in [4.78, 5) is 38.1. The summed E-state index contributed by atoms with van der Waals surface area (Å²) < 4.78 is 10.4. The van der Waals surface area contributed by atoms with Crippen LogP contribution in [0.25, 0.3) is 11.0 Å². The lowest BCUT2D eigenvalue weighted by atomic mass is 10.2. The van der Waals surface area contributed by atoms with Crippen LogP contribution in [0.4, 0.5) is 5.69 Å². The van der Waals surface area contributed by atoms with Crippen molar-refractivity contribution in [3.8, 4) is 0 Å². The molecule has 0 aliphatic rings. The topological polar surface area (TPSA) is 102 Å². The number of benzene rings is 2. The van der Waals surface area contributed by atoms with Crippen LogP contribution in [0.3, 0.4) is 0 Å². The molecule has 3 aromatic rings. The number of hydrogen-bond acceptors (Lipinski definition) is 6. The minimum Gasteiger partial charge on any atom is -0.452 e. The molecule has 8 heteroatoms. The largest absolute Gasteiger partial charge is 0.452 e. The van der Waals surface area contributed by atoms with Crippen molar-refractivity contribution < 1.29 is 23.6 Å². The van der Waals surface area contributed by atoms with Crippen LogP contribution in [0.5, 0.6) is 0 Å². The van der Waals surface area contributed by atoms with Crippen molar-refractivity contribution in [2.24, 2.45) is 0 Å². The van der Waals surface area contributed by atoms with E-state index in [1.807, 2.05) is 25.1 Å². The van der Waals surface area contributed by atoms with Crippen LogP contribution in [0.1, 0.15) is 18.2 Å². The Labute approximate surface area is 173 Å². The van der Waals surface area contributed by atoms with Gasteiger partial charge in [-0.2, -0.15) is 0 Å². The second-order valence-corrected chi connectivity index (χ2v) is 7.04. The van der Waals surface area contributed by atoms with E-state index in [0.717, 1.165) is 10.9 Å². The molecule has 0 unspecified atom stereocenters. The Hall–Kier alpha value is -3.68. The zero-order valence-electron chi connectivity index (χ0n) is 17.0. The van der Waals surface area contributed by atoms with E-state index in [1.165, 1.54) is 18.9 Å². The highest BCUT2D eigenvalue weighted by Crippen LogP contribution is 2.18. The quantitative estimate of drug-likeness (QED) is 0.602. The Morgan fingerprint density at radius 3 is 2.57 bits per heavy atom. The molecule has 1 atom stereocenters. The molecule has 30 heavy (non-hydrogen) atoms. The van der Waals surface area contributed by atoms with E-state index in [1.54, 1.807) is 30.3 Å². The number of para-hydroxylation sites is 1. The molecular weight excluding hydrogens is 386 g/mol. The lowest BCUT2D eigenvalue weighted by molar-refractivity contribution is -0.158. The van der Waals surface area contributed by atoms with E-state index >= 15 is 0 Å². The average molecular weight is 409 g/mol. The van der Waals surface area contributed by atoms with Gasteiger partial charge in [-0.3, -0.25) is 14.4 Å². The number of nitrogens with zero attached hydrogens (tertiary/aromatic N) is 2. The lowest BCUT2D eigenvalue weighted by Crippen LogP contribution is -2.41. The van der Waals surface area contributed by atoms with Crippen molar-refractivity contribution in [3.05, 3.63) is 59.8 Å². The van der Waals surface area contributed by atoms with Crippen molar-refractivity contribution in [2.75, 3.05) is 18.9 Å². The summed E-state index contributed by atoms with van der Waals surface area (Å²) in [6.07, 6.45) is -1.15. The van der Waals surface area contributed by atoms with Gasteiger partial charge < -0.3 is 19.5 Å². The average Bonchev–Trinajstić information content (AvgIpc) is 3.11. The first kappa shape index (κ1) is 21.0. The minimum atomic E-state index is -1.03. The second-order valence-electron chi connectivity index (χ2n) is 7.04. The molecule has 8 nitrogen and oxygen atoms in total. The fourth-order valence-corrected chi connectivity index (χ4v) is 2.93. The van der Waals surface area contributed by atoms with Gasteiger partial charge in [0.15, 0.2) is 11.7 Å². The molecule has 2 aromatic carbocycles. The summed E-state index contributed by atoms with van der Waals surface area (Å²) in [5.41, 5.74) is 2.74. The molecule has 1 heterocycles. The number of carbonyl (C=O) groups is 3. The summed E-state index contributed by atoms with van der Waals surface area (Å²) >= 11 is 0. The van der Waals surface area contributed by atoms with Crippen LogP contribution in [0.15, 0.2) is 53.1 Å². The predicted molar refractivity (Wildman–Crippen MR) is 111 cm³/mol. The van der Waals surface area contributed by atoms with Gasteiger partial charge in [-0.1, -0.05) is 35.0 Å². The number of rotatable bonds is 7. The van der Waals surface area contributed by atoms with Gasteiger partial charge in [-0.25, -0.2) is 0 Å². The molecule has 1 N–H and O–H groups in total. The first-order valence-corrected chi connectivity index (χ1v) is 9.47. The lowest BCUT2D eigenvalue weighted by Gasteiger charge is -2.21. The maximum atomic E-state index is 12.5. The maximum absolute atomic E-state index is 12.5. The van der Waals surface area contributed by atoms with Crippen molar-refractivity contribution >= 4 is 34.4 Å². The maximum Gasteiger partial charge on any atom is 0.312 e. The third-order valence-electron chi connectivity index (χ3n) is 4.51. The standard InChI is InChI=1S/C22H23N3O5/c1-14-8-10-16(11-9-14)23-20(26)13-25(3)22(28)15(2)29-21(27)12-18-17-6-4-5-7-19(17)30-24-18/h4-11,15H,12-13H2,1-3H3,(H,23,26)/t15-/m0/s1. The third kappa shape index (κ3) is 5.22. The molecule has 0 saturated carbocycles. The van der Waals surface area contributed by atoms with Crippen molar-refractivity contribution in [2.45, 2.75) is 26.4 Å². The molecule has 0 saturated heterocycles. The monoisotopic (exact) mass is 409 g/mol. The molecule has 2 amide bonds. The smallest absolute Gasteiger partial charge is 0.312 e. The molecule has 0 radical (unpaired) electrons. The van der Waals surface area contributed by atoms with Crippen LogP contribution in [-0.2, 0) is 25.5 Å². The van der Waals surface area contributed by atoms with Crippen molar-refractivity contribution in [3.63, 3.8) is 0 Å². The summed E-state index contributed by atoms with van der Waals surface area (Å²) in [5.74, 6) is -1.43. The van der Waals surface area contributed by atoms with E-state index in [-0.39, 0.29) is 18.9 Å². The summed E-state index contributed by atoms with van der Waals surface area (Å²) in [7, 11) is 1.48. The second kappa shape index (κ2) is 9.21. The van der Waals surface area contributed by atoms with Crippen LogP contribution >= 0.6 is 0 Å². The van der Waals surface area contributed by atoms with E-state index < -0.39 is 18.0 Å². The van der Waals surface area contributed by atoms with Gasteiger partial charge in [0.05, 0.1) is 13.0 Å². The molecule has 3 rings (SSSR count). The van der Waals surface area contributed by atoms with Crippen molar-refractivity contribution in [1.82, 2.24) is 10.1 Å². The molecule has 0 aliphatic carbocycles. The molecule has 0 fully saturated rings. The number of anilines is 1. The number of aryl methyl sites for hydroxylation is 1. The first-order valence-electron chi connectivity index (χ1n) is 9.47. The highest BCUT2D eigenvalue weighted by molar-refractivity contribution is 5.95. The van der Waals surface area contributed by atoms with Crippen molar-refractivity contribution in [1.29, 1.82) is 0 Å². The molecule has 0 spiro atoms. The molecule has 156 valence electrons. The van der Waals surface area contributed by atoms with Gasteiger partial charge in [-0.05, 0) is 38.1 Å². The number of likely N-dealkylation sites (N-methyl/N-ethyl adjacent to an activating group) is 1. The first-order chi connectivity index (χ1) is 14.3. The Morgan fingerprint density at radius 1 is 1.13 bits per heavy atom. The minimum absolute atomic E-state index is 0.119. The molecule has 0 aliphatic heterocycles. The molecular formula is C22H23N3O5. The summed E-state index contributed by atoms with van der Waals surface area (Å²) in [5, 5.41) is 7.33. The number of hydrogen-bond donors (Lipinski definition) is 1. The van der Waals surface area contributed by atoms with E-state index in [0.29, 0.717) is 17.0 Å². The number of aromatic nitrogens is 1. The SMILES string of the molecule is Cc1ccc(NC(=O)CN(C)C(=O)[C@H](C)OC(=O)Cc2noc3ccccc23)cc1. The zero-order valence-corrected chi connectivity index (χ0v) is 17.0. The Morgan fingerprint density at radius 2 is 1.83 bits per heavy atom. The van der Waals surface area contributed by atoms with Gasteiger partial charge in [0, 0.05) is 18.1 Å². The number of amides is 2. The number of carbonyl (C=O) groups excluding carboxylic acids is 3. The number of ether oxygens (including phenoxy) is 1. The third-order valence-corrected chi connectivity index (χ3v) is 4.51. The summed E-state index contributed by atoms with van der Waals surface area (Å²) in [6.45, 7) is 3.25. The Kier molecular flexibility index (Phi) is 6.46. The fourth-order valence-electron chi connectivity index (χ4n) is 2.93. The van der Waals surface area contributed by atoms with E-state index in [2.05, 4.69) is 10.5 Å². The van der Waals surface area contributed by atoms with E-state index in [9.17, 15) is 14.4 Å². The van der Waals surface area contributed by atoms with Gasteiger partial charge in [0.2, 0.25) is 5.91 Å². The number of esters is 1. The van der Waals surface area contributed by atoms with Gasteiger partial charge in [-0.15, -0.1) is 0 Å². The van der Waals surface area contributed by atoms with Gasteiger partial charge >= 0.3 is 5.97 Å². The van der Waals surface area contributed by atoms with Crippen LogP contribution < -0.4 is 5.32 Å². The highest BCUT2D eigenvalue weighted by Gasteiger charge is 2.24. The fraction of sp³-hybridized carbons (Fsp3) is 0.273. The zero-order chi connectivity index (χ0) is 21.7. The van der Waals surface area contributed by atoms with Crippen LogP contribution in [-0.4, -0.2) is 47.5 Å². The predicted octanol–water partition coefficient (Wildman–Crippen LogP) is 2.71. The Bertz CT molecular complexity index is 1060. The number of nitrogens with one attached hydrogen (secondary N) is 1. The highest BCUT2D eigenvalue weighted by atomic mass is 16.5. The normalized spacial score (nSPS) is 11.7. The molecule has 1 aromatic heterocycles. The van der Waals surface area contributed by atoms with Crippen LogP contribution in [0.2, 0.25) is 0 Å².